The van der Waals surface area contributed by atoms with Crippen molar-refractivity contribution >= 4 is 22.9 Å². The molecule has 0 saturated heterocycles. The van der Waals surface area contributed by atoms with Gasteiger partial charge in [-0.15, -0.1) is 0 Å². The Morgan fingerprint density at radius 2 is 2.05 bits per heavy atom. The van der Waals surface area contributed by atoms with Gasteiger partial charge in [0.1, 0.15) is 0 Å². The molecule has 0 aliphatic heterocycles. The fourth-order valence-corrected chi connectivity index (χ4v) is 1.92. The first kappa shape index (κ1) is 13.9. The molecule has 2 aromatic rings. The van der Waals surface area contributed by atoms with Gasteiger partial charge in [-0.05, 0) is 32.0 Å². The molecule has 4 N–H and O–H groups in total. The fraction of sp³-hybridized carbons (Fsp3) is 0.308. The molecule has 20 heavy (non-hydrogen) atoms. The number of fused-ring (bicyclic) bond motifs is 1. The van der Waals surface area contributed by atoms with Crippen molar-refractivity contribution in [3.63, 3.8) is 0 Å². The van der Waals surface area contributed by atoms with Crippen LogP contribution in [0.5, 0.6) is 0 Å². The summed E-state index contributed by atoms with van der Waals surface area (Å²) in [5.41, 5.74) is 5.00. The molecule has 106 valence electrons. The molecule has 0 fully saturated rings. The number of primary amides is 1. The molecule has 1 aromatic heterocycles. The molecule has 7 nitrogen and oxygen atoms in total. The number of aromatic nitrogens is 2. The molecule has 0 bridgehead atoms. The van der Waals surface area contributed by atoms with E-state index in [4.69, 9.17) is 10.8 Å². The number of nitrogens with two attached hydrogens (primary N) is 1. The van der Waals surface area contributed by atoms with Crippen LogP contribution in [-0.2, 0) is 11.3 Å². The minimum Gasteiger partial charge on any atom is -0.478 e. The molecule has 1 heterocycles. The van der Waals surface area contributed by atoms with Gasteiger partial charge in [-0.3, -0.25) is 9.36 Å². The highest BCUT2D eigenvalue weighted by Crippen LogP contribution is 2.20. The lowest BCUT2D eigenvalue weighted by Gasteiger charge is -2.20. The lowest BCUT2D eigenvalue weighted by atomic mass is 9.92. The largest absolute Gasteiger partial charge is 0.478 e. The summed E-state index contributed by atoms with van der Waals surface area (Å²) in [7, 11) is 0. The van der Waals surface area contributed by atoms with Gasteiger partial charge < -0.3 is 15.8 Å². The van der Waals surface area contributed by atoms with Crippen LogP contribution in [0.25, 0.3) is 11.0 Å². The number of carbonyl (C=O) groups is 2. The zero-order chi connectivity index (χ0) is 15.1. The number of amides is 1. The third-order valence-electron chi connectivity index (χ3n) is 3.24. The third kappa shape index (κ3) is 2.29. The monoisotopic (exact) mass is 277 g/mol. The van der Waals surface area contributed by atoms with Crippen LogP contribution in [0.3, 0.4) is 0 Å². The van der Waals surface area contributed by atoms with Crippen molar-refractivity contribution in [2.24, 2.45) is 11.1 Å². The van der Waals surface area contributed by atoms with E-state index < -0.39 is 23.0 Å². The summed E-state index contributed by atoms with van der Waals surface area (Å²) in [4.78, 5) is 36.9. The van der Waals surface area contributed by atoms with Crippen molar-refractivity contribution in [3.8, 4) is 0 Å². The number of carbonyl (C=O) groups excluding carboxylic acids is 1. The van der Waals surface area contributed by atoms with Gasteiger partial charge in [-0.25, -0.2) is 9.59 Å². The van der Waals surface area contributed by atoms with Gasteiger partial charge >= 0.3 is 11.7 Å². The van der Waals surface area contributed by atoms with Crippen LogP contribution < -0.4 is 11.4 Å². The third-order valence-corrected chi connectivity index (χ3v) is 3.24. The molecule has 0 spiro atoms. The Hall–Kier alpha value is -2.57. The number of aromatic carboxylic acids is 1. The molecule has 0 unspecified atom stereocenters. The molecule has 2 rings (SSSR count). The number of carboxylic acids is 1. The average Bonchev–Trinajstić information content (AvgIpc) is 2.64. The van der Waals surface area contributed by atoms with E-state index in [0.717, 1.165) is 0 Å². The molecule has 0 radical (unpaired) electrons. The van der Waals surface area contributed by atoms with E-state index in [0.29, 0.717) is 11.0 Å². The second-order valence-electron chi connectivity index (χ2n) is 5.30. The van der Waals surface area contributed by atoms with E-state index in [1.165, 1.54) is 22.8 Å². The number of nitrogens with zero attached hydrogens (tertiary/aromatic N) is 1. The van der Waals surface area contributed by atoms with Crippen LogP contribution >= 0.6 is 0 Å². The van der Waals surface area contributed by atoms with Crippen LogP contribution in [0.1, 0.15) is 24.2 Å². The Morgan fingerprint density at radius 3 is 2.60 bits per heavy atom. The lowest BCUT2D eigenvalue weighted by molar-refractivity contribution is -0.126. The molecule has 0 aliphatic carbocycles. The van der Waals surface area contributed by atoms with Gasteiger partial charge in [0.25, 0.3) is 0 Å². The topological polar surface area (TPSA) is 118 Å². The van der Waals surface area contributed by atoms with E-state index in [1.54, 1.807) is 13.8 Å². The van der Waals surface area contributed by atoms with Crippen LogP contribution in [-0.4, -0.2) is 26.5 Å². The smallest absolute Gasteiger partial charge is 0.335 e. The van der Waals surface area contributed by atoms with Crippen molar-refractivity contribution in [2.75, 3.05) is 0 Å². The summed E-state index contributed by atoms with van der Waals surface area (Å²) < 4.78 is 1.33. The number of nitrogens with one attached hydrogen (secondary N) is 1. The zero-order valence-electron chi connectivity index (χ0n) is 11.1. The molecule has 0 saturated carbocycles. The van der Waals surface area contributed by atoms with Gasteiger partial charge in [-0.2, -0.15) is 0 Å². The van der Waals surface area contributed by atoms with Crippen LogP contribution in [0.2, 0.25) is 0 Å². The van der Waals surface area contributed by atoms with E-state index in [9.17, 15) is 14.4 Å². The summed E-state index contributed by atoms with van der Waals surface area (Å²) in [6.07, 6.45) is 0. The van der Waals surface area contributed by atoms with Crippen molar-refractivity contribution in [2.45, 2.75) is 20.4 Å². The SMILES string of the molecule is CC(C)(Cn1c(=O)[nH]c2ccc(C(=O)O)cc21)C(N)=O. The van der Waals surface area contributed by atoms with Crippen LogP contribution in [0.15, 0.2) is 23.0 Å². The standard InChI is InChI=1S/C13H15N3O4/c1-13(2,11(14)19)6-16-9-5-7(10(17)18)3-4-8(9)15-12(16)20/h3-5H,6H2,1-2H3,(H2,14,19)(H,15,20)(H,17,18). The quantitative estimate of drug-likeness (QED) is 0.755. The first-order valence-corrected chi connectivity index (χ1v) is 5.98. The Morgan fingerprint density at radius 1 is 1.40 bits per heavy atom. The van der Waals surface area contributed by atoms with E-state index in [1.807, 2.05) is 0 Å². The number of imidazole rings is 1. The van der Waals surface area contributed by atoms with Crippen molar-refractivity contribution < 1.29 is 14.7 Å². The molecule has 7 heteroatoms. The van der Waals surface area contributed by atoms with Crippen LogP contribution in [0, 0.1) is 5.41 Å². The predicted molar refractivity (Wildman–Crippen MR) is 72.5 cm³/mol. The molecule has 0 aliphatic rings. The maximum Gasteiger partial charge on any atom is 0.335 e. The van der Waals surface area contributed by atoms with Crippen molar-refractivity contribution in [1.82, 2.24) is 9.55 Å². The number of rotatable bonds is 4. The number of aromatic amines is 1. The number of hydrogen-bond donors (Lipinski definition) is 3. The Labute approximate surface area is 114 Å². The Balaban J connectivity index is 2.60. The summed E-state index contributed by atoms with van der Waals surface area (Å²) >= 11 is 0. The van der Waals surface area contributed by atoms with Gasteiger partial charge in [0.2, 0.25) is 5.91 Å². The fourth-order valence-electron chi connectivity index (χ4n) is 1.92. The summed E-state index contributed by atoms with van der Waals surface area (Å²) in [5.74, 6) is -1.62. The molecule has 0 atom stereocenters. The Bertz CT molecular complexity index is 755. The van der Waals surface area contributed by atoms with Gasteiger partial charge in [0, 0.05) is 6.54 Å². The molecule has 1 aromatic carbocycles. The normalized spacial score (nSPS) is 11.7. The summed E-state index contributed by atoms with van der Waals surface area (Å²) in [5, 5.41) is 8.99. The van der Waals surface area contributed by atoms with Crippen molar-refractivity contribution in [3.05, 3.63) is 34.2 Å². The average molecular weight is 277 g/mol. The first-order valence-electron chi connectivity index (χ1n) is 5.98. The molecular formula is C13H15N3O4. The highest BCUT2D eigenvalue weighted by molar-refractivity contribution is 5.92. The highest BCUT2D eigenvalue weighted by Gasteiger charge is 2.27. The van der Waals surface area contributed by atoms with Crippen molar-refractivity contribution in [1.29, 1.82) is 0 Å². The van der Waals surface area contributed by atoms with E-state index in [2.05, 4.69) is 4.98 Å². The maximum atomic E-state index is 11.9. The van der Waals surface area contributed by atoms with E-state index >= 15 is 0 Å². The van der Waals surface area contributed by atoms with Gasteiger partial charge in [-0.1, -0.05) is 0 Å². The lowest BCUT2D eigenvalue weighted by Crippen LogP contribution is -2.37. The Kier molecular flexibility index (Phi) is 3.13. The predicted octanol–water partition coefficient (Wildman–Crippen LogP) is 0.539. The zero-order valence-corrected chi connectivity index (χ0v) is 11.1. The maximum absolute atomic E-state index is 11.9. The molecule has 1 amide bonds. The minimum atomic E-state index is -1.08. The second kappa shape index (κ2) is 4.52. The number of carboxylic acid groups (broad SMARTS) is 1. The minimum absolute atomic E-state index is 0.0714. The number of benzene rings is 1. The first-order chi connectivity index (χ1) is 9.22. The van der Waals surface area contributed by atoms with Gasteiger partial charge in [0.05, 0.1) is 22.0 Å². The van der Waals surface area contributed by atoms with E-state index in [-0.39, 0.29) is 12.1 Å². The number of H-pyrrole nitrogens is 1. The van der Waals surface area contributed by atoms with Crippen LogP contribution in [0.4, 0.5) is 0 Å². The number of hydrogen-bond acceptors (Lipinski definition) is 3. The second-order valence-corrected chi connectivity index (χ2v) is 5.30. The summed E-state index contributed by atoms with van der Waals surface area (Å²) in [6, 6.07) is 4.32. The highest BCUT2D eigenvalue weighted by atomic mass is 16.4. The van der Waals surface area contributed by atoms with Gasteiger partial charge in [0.15, 0.2) is 0 Å². The molecular weight excluding hydrogens is 262 g/mol. The summed E-state index contributed by atoms with van der Waals surface area (Å²) in [6.45, 7) is 3.33.